The van der Waals surface area contributed by atoms with Crippen LogP contribution in [0.1, 0.15) is 18.9 Å². The van der Waals surface area contributed by atoms with Crippen LogP contribution >= 0.6 is 27.7 Å². The first-order valence-electron chi connectivity index (χ1n) is 6.40. The largest absolute Gasteiger partial charge is 0.497 e. The van der Waals surface area contributed by atoms with Gasteiger partial charge in [-0.15, -0.1) is 0 Å². The quantitative estimate of drug-likeness (QED) is 0.569. The Morgan fingerprint density at radius 1 is 1.50 bits per heavy atom. The van der Waals surface area contributed by atoms with E-state index in [-0.39, 0.29) is 5.97 Å². The average molecular weight is 362 g/mol. The predicted octanol–water partition coefficient (Wildman–Crippen LogP) is 2.97. The van der Waals surface area contributed by atoms with E-state index < -0.39 is 6.04 Å². The van der Waals surface area contributed by atoms with Crippen molar-refractivity contribution in [3.8, 4) is 5.75 Å². The summed E-state index contributed by atoms with van der Waals surface area (Å²) in [5, 5.41) is 0. The van der Waals surface area contributed by atoms with E-state index >= 15 is 0 Å². The monoisotopic (exact) mass is 361 g/mol. The van der Waals surface area contributed by atoms with E-state index in [1.807, 2.05) is 18.2 Å². The Hall–Kier alpha value is -0.720. The van der Waals surface area contributed by atoms with Crippen molar-refractivity contribution in [1.29, 1.82) is 0 Å². The Labute approximate surface area is 132 Å². The highest BCUT2D eigenvalue weighted by molar-refractivity contribution is 9.10. The highest BCUT2D eigenvalue weighted by Gasteiger charge is 2.13. The number of carbonyl (C=O) groups excluding carboxylic acids is 1. The lowest BCUT2D eigenvalue weighted by Crippen LogP contribution is -2.32. The van der Waals surface area contributed by atoms with Gasteiger partial charge in [0.2, 0.25) is 0 Å². The van der Waals surface area contributed by atoms with Crippen LogP contribution in [0.15, 0.2) is 22.7 Å². The number of halogens is 1. The number of thioether (sulfide) groups is 1. The third kappa shape index (κ3) is 5.73. The molecule has 0 heterocycles. The molecule has 0 saturated carbocycles. The summed E-state index contributed by atoms with van der Waals surface area (Å²) in [7, 11) is 1.65. The molecule has 0 amide bonds. The molecule has 1 aromatic rings. The van der Waals surface area contributed by atoms with Gasteiger partial charge in [-0.25, -0.2) is 0 Å². The molecule has 0 saturated heterocycles. The molecule has 0 spiro atoms. The number of hydrogen-bond donors (Lipinski definition) is 1. The summed E-state index contributed by atoms with van der Waals surface area (Å²) in [5.41, 5.74) is 6.91. The first-order chi connectivity index (χ1) is 9.58. The molecule has 112 valence electrons. The Bertz CT molecular complexity index is 442. The normalized spacial score (nSPS) is 12.0. The number of nitrogens with two attached hydrogens (primary N) is 1. The first-order valence-corrected chi connectivity index (χ1v) is 8.35. The molecule has 0 radical (unpaired) electrons. The first kappa shape index (κ1) is 17.3. The number of rotatable bonds is 8. The van der Waals surface area contributed by atoms with Gasteiger partial charge in [-0.3, -0.25) is 4.79 Å². The second-order valence-corrected chi connectivity index (χ2v) is 6.12. The van der Waals surface area contributed by atoms with Crippen molar-refractivity contribution in [2.24, 2.45) is 5.73 Å². The van der Waals surface area contributed by atoms with E-state index in [9.17, 15) is 4.79 Å². The van der Waals surface area contributed by atoms with Crippen molar-refractivity contribution in [1.82, 2.24) is 0 Å². The van der Waals surface area contributed by atoms with Gasteiger partial charge in [-0.1, -0.05) is 15.9 Å². The number of esters is 1. The van der Waals surface area contributed by atoms with Gasteiger partial charge in [-0.05, 0) is 42.9 Å². The molecule has 0 bridgehead atoms. The van der Waals surface area contributed by atoms with E-state index in [1.165, 1.54) is 5.56 Å². The van der Waals surface area contributed by atoms with Gasteiger partial charge in [-0.2, -0.15) is 11.8 Å². The maximum atomic E-state index is 11.4. The van der Waals surface area contributed by atoms with Crippen molar-refractivity contribution >= 4 is 33.7 Å². The highest BCUT2D eigenvalue weighted by Crippen LogP contribution is 2.26. The molecule has 1 unspecified atom stereocenters. The van der Waals surface area contributed by atoms with Gasteiger partial charge in [0.05, 0.1) is 13.7 Å². The van der Waals surface area contributed by atoms with Gasteiger partial charge in [0.1, 0.15) is 11.8 Å². The van der Waals surface area contributed by atoms with Crippen LogP contribution < -0.4 is 10.5 Å². The summed E-state index contributed by atoms with van der Waals surface area (Å²) in [4.78, 5) is 11.4. The Kier molecular flexibility index (Phi) is 8.02. The van der Waals surface area contributed by atoms with Crippen molar-refractivity contribution < 1.29 is 14.3 Å². The minimum atomic E-state index is -0.531. The molecule has 4 nitrogen and oxygen atoms in total. The Morgan fingerprint density at radius 3 is 2.90 bits per heavy atom. The van der Waals surface area contributed by atoms with E-state index in [0.717, 1.165) is 21.7 Å². The fraction of sp³-hybridized carbons (Fsp3) is 0.500. The second-order valence-electron chi connectivity index (χ2n) is 4.16. The maximum absolute atomic E-state index is 11.4. The molecule has 1 rings (SSSR count). The van der Waals surface area contributed by atoms with Crippen molar-refractivity contribution in [3.05, 3.63) is 28.2 Å². The lowest BCUT2D eigenvalue weighted by Gasteiger charge is -2.11. The molecule has 20 heavy (non-hydrogen) atoms. The van der Waals surface area contributed by atoms with Crippen molar-refractivity contribution in [2.45, 2.75) is 25.1 Å². The third-order valence-corrected chi connectivity index (χ3v) is 4.49. The fourth-order valence-electron chi connectivity index (χ4n) is 1.55. The number of benzene rings is 1. The zero-order chi connectivity index (χ0) is 15.0. The summed E-state index contributed by atoms with van der Waals surface area (Å²) < 4.78 is 11.1. The standard InChI is InChI=1S/C14H20BrNO3S/c1-3-19-14(17)13(16)6-7-20-9-10-8-11(18-2)4-5-12(10)15/h4-5,8,13H,3,6-7,9,16H2,1-2H3. The fourth-order valence-corrected chi connectivity index (χ4v) is 3.14. The van der Waals surface area contributed by atoms with Gasteiger partial charge >= 0.3 is 5.97 Å². The van der Waals surface area contributed by atoms with Crippen LogP contribution in [0.2, 0.25) is 0 Å². The summed E-state index contributed by atoms with van der Waals surface area (Å²) in [6, 6.07) is 5.35. The molecule has 1 aromatic carbocycles. The molecule has 0 aliphatic rings. The molecule has 0 fully saturated rings. The third-order valence-electron chi connectivity index (χ3n) is 2.67. The summed E-state index contributed by atoms with van der Waals surface area (Å²) in [6.07, 6.45) is 0.616. The van der Waals surface area contributed by atoms with Gasteiger partial charge in [0.25, 0.3) is 0 Å². The molecular formula is C14H20BrNO3S. The molecule has 0 aliphatic heterocycles. The number of hydrogen-bond acceptors (Lipinski definition) is 5. The predicted molar refractivity (Wildman–Crippen MR) is 86.1 cm³/mol. The smallest absolute Gasteiger partial charge is 0.322 e. The summed E-state index contributed by atoms with van der Waals surface area (Å²) >= 11 is 5.25. The van der Waals surface area contributed by atoms with E-state index in [0.29, 0.717) is 13.0 Å². The van der Waals surface area contributed by atoms with Crippen LogP contribution in [0.25, 0.3) is 0 Å². The van der Waals surface area contributed by atoms with Gasteiger partial charge < -0.3 is 15.2 Å². The molecule has 0 aromatic heterocycles. The zero-order valence-corrected chi connectivity index (χ0v) is 14.1. The number of ether oxygens (including phenoxy) is 2. The number of methoxy groups -OCH3 is 1. The highest BCUT2D eigenvalue weighted by atomic mass is 79.9. The molecule has 2 N–H and O–H groups in total. The van der Waals surface area contributed by atoms with Crippen LogP contribution in [-0.2, 0) is 15.3 Å². The summed E-state index contributed by atoms with van der Waals surface area (Å²) in [6.45, 7) is 2.15. The number of carbonyl (C=O) groups is 1. The molecule has 1 atom stereocenters. The van der Waals surface area contributed by atoms with Crippen LogP contribution in [0.3, 0.4) is 0 Å². The Morgan fingerprint density at radius 2 is 2.25 bits per heavy atom. The topological polar surface area (TPSA) is 61.5 Å². The minimum absolute atomic E-state index is 0.323. The van der Waals surface area contributed by atoms with Crippen LogP contribution in [-0.4, -0.2) is 31.5 Å². The Balaban J connectivity index is 2.36. The van der Waals surface area contributed by atoms with Crippen LogP contribution in [0.5, 0.6) is 5.75 Å². The lowest BCUT2D eigenvalue weighted by molar-refractivity contribution is -0.144. The lowest BCUT2D eigenvalue weighted by atomic mass is 10.2. The summed E-state index contributed by atoms with van der Waals surface area (Å²) in [5.74, 6) is 2.17. The van der Waals surface area contributed by atoms with E-state index in [1.54, 1.807) is 25.8 Å². The zero-order valence-electron chi connectivity index (χ0n) is 11.7. The van der Waals surface area contributed by atoms with Crippen LogP contribution in [0, 0.1) is 0 Å². The molecular weight excluding hydrogens is 342 g/mol. The van der Waals surface area contributed by atoms with Crippen molar-refractivity contribution in [2.75, 3.05) is 19.5 Å². The van der Waals surface area contributed by atoms with E-state index in [2.05, 4.69) is 15.9 Å². The SMILES string of the molecule is CCOC(=O)C(N)CCSCc1cc(OC)ccc1Br. The second kappa shape index (κ2) is 9.26. The minimum Gasteiger partial charge on any atom is -0.497 e. The van der Waals surface area contributed by atoms with Gasteiger partial charge in [0.15, 0.2) is 0 Å². The molecule has 0 aliphatic carbocycles. The van der Waals surface area contributed by atoms with Gasteiger partial charge in [0, 0.05) is 10.2 Å². The maximum Gasteiger partial charge on any atom is 0.322 e. The van der Waals surface area contributed by atoms with Crippen molar-refractivity contribution in [3.63, 3.8) is 0 Å². The van der Waals surface area contributed by atoms with E-state index in [4.69, 9.17) is 15.2 Å². The van der Waals surface area contributed by atoms with Crippen LogP contribution in [0.4, 0.5) is 0 Å². The average Bonchev–Trinajstić information content (AvgIpc) is 2.45. The molecule has 6 heteroatoms.